The Morgan fingerprint density at radius 2 is 2.13 bits per heavy atom. The number of amides is 1. The van der Waals surface area contributed by atoms with Gasteiger partial charge < -0.3 is 14.6 Å². The van der Waals surface area contributed by atoms with Crippen molar-refractivity contribution in [2.24, 2.45) is 7.05 Å². The second-order valence-electron chi connectivity index (χ2n) is 6.38. The summed E-state index contributed by atoms with van der Waals surface area (Å²) in [7, 11) is 2.01. The Labute approximate surface area is 137 Å². The van der Waals surface area contributed by atoms with Crippen molar-refractivity contribution in [3.05, 3.63) is 42.1 Å². The normalized spacial score (nSPS) is 20.3. The molecule has 1 aliphatic heterocycles. The molecule has 122 valence electrons. The molecule has 0 bridgehead atoms. The largest absolute Gasteiger partial charge is 0.391 e. The van der Waals surface area contributed by atoms with E-state index >= 15 is 0 Å². The van der Waals surface area contributed by atoms with Gasteiger partial charge in [0.1, 0.15) is 0 Å². The Balaban J connectivity index is 1.82. The summed E-state index contributed by atoms with van der Waals surface area (Å²) in [6.45, 7) is 2.50. The van der Waals surface area contributed by atoms with Crippen LogP contribution in [0.25, 0.3) is 17.0 Å². The lowest BCUT2D eigenvalue weighted by molar-refractivity contribution is -0.132. The molecule has 0 saturated carbocycles. The molecule has 2 atom stereocenters. The highest BCUT2D eigenvalue weighted by molar-refractivity contribution is 5.96. The van der Waals surface area contributed by atoms with E-state index in [-0.39, 0.29) is 11.9 Å². The minimum absolute atomic E-state index is 0.0106. The van der Waals surface area contributed by atoms with Gasteiger partial charge in [0.2, 0.25) is 5.91 Å². The van der Waals surface area contributed by atoms with Crippen LogP contribution in [0.1, 0.15) is 31.7 Å². The Hall–Kier alpha value is -2.07. The van der Waals surface area contributed by atoms with Crippen LogP contribution in [0.15, 0.2) is 36.5 Å². The lowest BCUT2D eigenvalue weighted by atomic mass is 9.98. The van der Waals surface area contributed by atoms with E-state index in [2.05, 4.69) is 16.7 Å². The quantitative estimate of drug-likeness (QED) is 0.886. The molecule has 3 rings (SSSR count). The second kappa shape index (κ2) is 6.59. The van der Waals surface area contributed by atoms with Gasteiger partial charge in [-0.1, -0.05) is 18.2 Å². The van der Waals surface area contributed by atoms with Crippen molar-refractivity contribution in [2.75, 3.05) is 6.54 Å². The molecule has 1 aliphatic rings. The Morgan fingerprint density at radius 1 is 1.35 bits per heavy atom. The zero-order valence-electron chi connectivity index (χ0n) is 13.8. The lowest BCUT2D eigenvalue weighted by Crippen LogP contribution is -2.48. The van der Waals surface area contributed by atoms with Gasteiger partial charge in [-0.05, 0) is 38.3 Å². The molecule has 2 heterocycles. The fourth-order valence-electron chi connectivity index (χ4n) is 3.50. The summed E-state index contributed by atoms with van der Waals surface area (Å²) in [6, 6.07) is 8.10. The molecule has 23 heavy (non-hydrogen) atoms. The van der Waals surface area contributed by atoms with Gasteiger partial charge in [-0.2, -0.15) is 0 Å². The summed E-state index contributed by atoms with van der Waals surface area (Å²) in [6.07, 6.45) is 8.05. The predicted octanol–water partition coefficient (Wildman–Crippen LogP) is 2.95. The maximum absolute atomic E-state index is 12.6. The van der Waals surface area contributed by atoms with Crippen LogP contribution >= 0.6 is 0 Å². The highest BCUT2D eigenvalue weighted by atomic mass is 16.3. The molecule has 2 aromatic rings. The fraction of sp³-hybridized carbons (Fsp3) is 0.421. The minimum atomic E-state index is -0.481. The number of aliphatic hydroxyl groups is 1. The number of nitrogens with zero attached hydrogens (tertiary/aromatic N) is 2. The first-order chi connectivity index (χ1) is 11.1. The highest BCUT2D eigenvalue weighted by Crippen LogP contribution is 2.23. The van der Waals surface area contributed by atoms with Crippen LogP contribution in [0.4, 0.5) is 0 Å². The van der Waals surface area contributed by atoms with Gasteiger partial charge in [-0.15, -0.1) is 0 Å². The first-order valence-electron chi connectivity index (χ1n) is 8.29. The third-order valence-corrected chi connectivity index (χ3v) is 4.72. The molecule has 0 radical (unpaired) electrons. The van der Waals surface area contributed by atoms with Gasteiger partial charge in [0, 0.05) is 42.3 Å². The van der Waals surface area contributed by atoms with E-state index < -0.39 is 6.10 Å². The standard InChI is InChI=1S/C19H24N2O2/c1-14(22)17-8-5-6-12-21(17)19(23)11-10-15-13-20(2)18-9-4-3-7-16(15)18/h3-4,7,9-11,13-14,17,22H,5-6,8,12H2,1-2H3/b11-10+. The van der Waals surface area contributed by atoms with Crippen LogP contribution in [0.2, 0.25) is 0 Å². The molecule has 1 aromatic carbocycles. The Bertz CT molecular complexity index is 730. The molecule has 1 aromatic heterocycles. The van der Waals surface area contributed by atoms with Gasteiger partial charge in [-0.25, -0.2) is 0 Å². The summed E-state index contributed by atoms with van der Waals surface area (Å²) in [4.78, 5) is 14.4. The smallest absolute Gasteiger partial charge is 0.246 e. The predicted molar refractivity (Wildman–Crippen MR) is 93.0 cm³/mol. The molecule has 2 unspecified atom stereocenters. The third-order valence-electron chi connectivity index (χ3n) is 4.72. The lowest BCUT2D eigenvalue weighted by Gasteiger charge is -2.36. The molecule has 0 spiro atoms. The van der Waals surface area contributed by atoms with E-state index in [9.17, 15) is 9.90 Å². The maximum Gasteiger partial charge on any atom is 0.246 e. The number of likely N-dealkylation sites (tertiary alicyclic amines) is 1. The van der Waals surface area contributed by atoms with E-state index in [1.807, 2.05) is 36.4 Å². The number of aryl methyl sites for hydroxylation is 1. The summed E-state index contributed by atoms with van der Waals surface area (Å²) >= 11 is 0. The summed E-state index contributed by atoms with van der Waals surface area (Å²) < 4.78 is 2.07. The second-order valence-corrected chi connectivity index (χ2v) is 6.38. The van der Waals surface area contributed by atoms with E-state index in [1.54, 1.807) is 13.0 Å². The van der Waals surface area contributed by atoms with Gasteiger partial charge in [-0.3, -0.25) is 4.79 Å². The number of fused-ring (bicyclic) bond motifs is 1. The number of para-hydroxylation sites is 1. The number of carbonyl (C=O) groups is 1. The van der Waals surface area contributed by atoms with Crippen molar-refractivity contribution in [1.82, 2.24) is 9.47 Å². The van der Waals surface area contributed by atoms with Crippen molar-refractivity contribution in [3.8, 4) is 0 Å². The van der Waals surface area contributed by atoms with E-state index in [4.69, 9.17) is 0 Å². The maximum atomic E-state index is 12.6. The SMILES string of the molecule is CC(O)C1CCCCN1C(=O)/C=C/c1cn(C)c2ccccc12. The van der Waals surface area contributed by atoms with Crippen molar-refractivity contribution < 1.29 is 9.90 Å². The first-order valence-corrected chi connectivity index (χ1v) is 8.29. The van der Waals surface area contributed by atoms with Crippen LogP contribution in [0.5, 0.6) is 0 Å². The van der Waals surface area contributed by atoms with Crippen LogP contribution in [0, 0.1) is 0 Å². The van der Waals surface area contributed by atoms with Crippen LogP contribution in [-0.4, -0.2) is 39.2 Å². The van der Waals surface area contributed by atoms with Crippen LogP contribution < -0.4 is 0 Å². The molecule has 0 aliphatic carbocycles. The Morgan fingerprint density at radius 3 is 2.91 bits per heavy atom. The monoisotopic (exact) mass is 312 g/mol. The van der Waals surface area contributed by atoms with E-state index in [1.165, 1.54) is 0 Å². The van der Waals surface area contributed by atoms with Crippen LogP contribution in [-0.2, 0) is 11.8 Å². The summed E-state index contributed by atoms with van der Waals surface area (Å²) in [5, 5.41) is 11.0. The summed E-state index contributed by atoms with van der Waals surface area (Å²) in [5.74, 6) is -0.0106. The van der Waals surface area contributed by atoms with Gasteiger partial charge in [0.05, 0.1) is 12.1 Å². The number of rotatable bonds is 3. The molecular weight excluding hydrogens is 288 g/mol. The topological polar surface area (TPSA) is 45.5 Å². The van der Waals surface area contributed by atoms with Gasteiger partial charge >= 0.3 is 0 Å². The molecule has 1 fully saturated rings. The summed E-state index contributed by atoms with van der Waals surface area (Å²) in [5.41, 5.74) is 2.20. The van der Waals surface area contributed by atoms with Gasteiger partial charge in [0.25, 0.3) is 0 Å². The van der Waals surface area contributed by atoms with Crippen LogP contribution in [0.3, 0.4) is 0 Å². The van der Waals surface area contributed by atoms with Crippen molar-refractivity contribution in [3.63, 3.8) is 0 Å². The number of carbonyl (C=O) groups excluding carboxylic acids is 1. The number of hydrogen-bond acceptors (Lipinski definition) is 2. The molecular formula is C19H24N2O2. The fourth-order valence-corrected chi connectivity index (χ4v) is 3.50. The Kier molecular flexibility index (Phi) is 4.53. The van der Waals surface area contributed by atoms with Crippen molar-refractivity contribution in [1.29, 1.82) is 0 Å². The third kappa shape index (κ3) is 3.17. The van der Waals surface area contributed by atoms with Crippen molar-refractivity contribution in [2.45, 2.75) is 38.3 Å². The molecule has 4 heteroatoms. The average molecular weight is 312 g/mol. The zero-order valence-corrected chi connectivity index (χ0v) is 13.8. The van der Waals surface area contributed by atoms with E-state index in [0.29, 0.717) is 0 Å². The highest BCUT2D eigenvalue weighted by Gasteiger charge is 2.28. The number of piperidine rings is 1. The number of aliphatic hydroxyl groups excluding tert-OH is 1. The van der Waals surface area contributed by atoms with Gasteiger partial charge in [0.15, 0.2) is 0 Å². The van der Waals surface area contributed by atoms with E-state index in [0.717, 1.165) is 42.3 Å². The number of aromatic nitrogens is 1. The first kappa shape index (κ1) is 15.8. The molecule has 1 amide bonds. The molecule has 1 N–H and O–H groups in total. The number of hydrogen-bond donors (Lipinski definition) is 1. The zero-order chi connectivity index (χ0) is 16.4. The molecule has 1 saturated heterocycles. The minimum Gasteiger partial charge on any atom is -0.391 e. The number of benzene rings is 1. The molecule has 4 nitrogen and oxygen atoms in total. The van der Waals surface area contributed by atoms with Crippen molar-refractivity contribution >= 4 is 22.9 Å². The average Bonchev–Trinajstić information content (AvgIpc) is 2.89.